The highest BCUT2D eigenvalue weighted by molar-refractivity contribution is 6.21. The second-order valence-electron chi connectivity index (χ2n) is 8.31. The Labute approximate surface area is 200 Å². The topological polar surface area (TPSA) is 65.7 Å². The molecule has 170 valence electrons. The molecule has 0 aliphatic heterocycles. The van der Waals surface area contributed by atoms with Gasteiger partial charge in [-0.15, -0.1) is 0 Å². The molecule has 6 aromatic rings. The number of benzene rings is 5. The number of hydrogen-bond donors (Lipinski definition) is 0. The first kappa shape index (κ1) is 20.9. The number of hydrogen-bond acceptors (Lipinski definition) is 5. The first-order valence-electron chi connectivity index (χ1n) is 11.2. The fraction of sp³-hybridized carbons (Fsp3) is 0.0667. The SMILES string of the molecule is COC(=O)c1ccccc1-c1c2ccc3cccc(OC)c3c2oc2c1ccc1cccc(=O)c12. The van der Waals surface area contributed by atoms with Gasteiger partial charge in [-0.2, -0.15) is 0 Å². The van der Waals surface area contributed by atoms with Crippen LogP contribution in [0.3, 0.4) is 0 Å². The highest BCUT2D eigenvalue weighted by Gasteiger charge is 2.22. The van der Waals surface area contributed by atoms with E-state index in [9.17, 15) is 9.59 Å². The van der Waals surface area contributed by atoms with E-state index in [4.69, 9.17) is 13.9 Å². The molecule has 6 rings (SSSR count). The summed E-state index contributed by atoms with van der Waals surface area (Å²) in [6.07, 6.45) is 0. The van der Waals surface area contributed by atoms with Crippen LogP contribution in [0.1, 0.15) is 10.4 Å². The monoisotopic (exact) mass is 460 g/mol. The fourth-order valence-electron chi connectivity index (χ4n) is 4.93. The van der Waals surface area contributed by atoms with Gasteiger partial charge >= 0.3 is 5.97 Å². The summed E-state index contributed by atoms with van der Waals surface area (Å²) in [5.74, 6) is 0.220. The quantitative estimate of drug-likeness (QED) is 0.167. The standard InChI is InChI=1S/C30H20O5/c1-33-24-12-6-8-18-14-16-22-27(19-9-3-4-10-20(19)30(32)34-2)21-15-13-17-7-5-11-23(31)25(17)28(21)35-29(22)26(18)24/h3-16H,1-2H3. The van der Waals surface area contributed by atoms with Crippen molar-refractivity contribution >= 4 is 49.5 Å². The van der Waals surface area contributed by atoms with Crippen LogP contribution in [0, 0.1) is 0 Å². The van der Waals surface area contributed by atoms with Gasteiger partial charge < -0.3 is 13.9 Å². The first-order valence-corrected chi connectivity index (χ1v) is 11.2. The highest BCUT2D eigenvalue weighted by atomic mass is 16.5. The van der Waals surface area contributed by atoms with Crippen LogP contribution in [0.5, 0.6) is 5.75 Å². The molecule has 0 spiro atoms. The van der Waals surface area contributed by atoms with Gasteiger partial charge in [-0.25, -0.2) is 4.79 Å². The molecule has 0 bridgehead atoms. The van der Waals surface area contributed by atoms with Gasteiger partial charge in [0.2, 0.25) is 0 Å². The van der Waals surface area contributed by atoms with Crippen LogP contribution in [-0.4, -0.2) is 20.2 Å². The van der Waals surface area contributed by atoms with Gasteiger partial charge in [0.1, 0.15) is 16.9 Å². The molecule has 1 aromatic heterocycles. The molecule has 5 heteroatoms. The van der Waals surface area contributed by atoms with Gasteiger partial charge in [-0.1, -0.05) is 54.6 Å². The zero-order valence-electron chi connectivity index (χ0n) is 19.1. The van der Waals surface area contributed by atoms with E-state index in [0.29, 0.717) is 33.4 Å². The van der Waals surface area contributed by atoms with E-state index in [-0.39, 0.29) is 5.43 Å². The summed E-state index contributed by atoms with van der Waals surface area (Å²) in [5.41, 5.74) is 2.84. The van der Waals surface area contributed by atoms with Crippen molar-refractivity contribution in [2.24, 2.45) is 0 Å². The van der Waals surface area contributed by atoms with Crippen LogP contribution in [0.4, 0.5) is 0 Å². The summed E-state index contributed by atoms with van der Waals surface area (Å²) in [6, 6.07) is 26.1. The third-order valence-electron chi connectivity index (χ3n) is 6.48. The number of rotatable bonds is 3. The van der Waals surface area contributed by atoms with E-state index in [2.05, 4.69) is 0 Å². The molecule has 0 aliphatic rings. The van der Waals surface area contributed by atoms with Crippen molar-refractivity contribution < 1.29 is 18.7 Å². The Hall–Kier alpha value is -4.64. The minimum Gasteiger partial charge on any atom is -0.496 e. The lowest BCUT2D eigenvalue weighted by atomic mass is 9.91. The van der Waals surface area contributed by atoms with Crippen molar-refractivity contribution in [3.8, 4) is 16.9 Å². The predicted octanol–water partition coefficient (Wildman–Crippen LogP) is 6.71. The summed E-state index contributed by atoms with van der Waals surface area (Å²) in [5, 5.41) is 4.55. The Balaban J connectivity index is 1.93. The van der Waals surface area contributed by atoms with Crippen LogP contribution < -0.4 is 10.2 Å². The number of methoxy groups -OCH3 is 2. The van der Waals surface area contributed by atoms with E-state index in [0.717, 1.165) is 32.5 Å². The molecular weight excluding hydrogens is 440 g/mol. The lowest BCUT2D eigenvalue weighted by Crippen LogP contribution is -2.04. The fourth-order valence-corrected chi connectivity index (χ4v) is 4.93. The van der Waals surface area contributed by atoms with Crippen LogP contribution in [0.25, 0.3) is 54.6 Å². The molecule has 0 radical (unpaired) electrons. The molecule has 0 saturated heterocycles. The van der Waals surface area contributed by atoms with Gasteiger partial charge in [0.15, 0.2) is 5.43 Å². The Morgan fingerprint density at radius 3 is 2.09 bits per heavy atom. The smallest absolute Gasteiger partial charge is 0.338 e. The first-order chi connectivity index (χ1) is 17.1. The molecule has 0 amide bonds. The summed E-state index contributed by atoms with van der Waals surface area (Å²) in [4.78, 5) is 25.8. The van der Waals surface area contributed by atoms with E-state index in [1.54, 1.807) is 25.3 Å². The molecule has 0 N–H and O–H groups in total. The van der Waals surface area contributed by atoms with Crippen LogP contribution in [-0.2, 0) is 4.74 Å². The van der Waals surface area contributed by atoms with Crippen LogP contribution >= 0.6 is 0 Å². The van der Waals surface area contributed by atoms with Crippen molar-refractivity contribution in [2.75, 3.05) is 14.2 Å². The maximum atomic E-state index is 13.0. The molecule has 0 unspecified atom stereocenters. The van der Waals surface area contributed by atoms with E-state index in [1.165, 1.54) is 13.2 Å². The lowest BCUT2D eigenvalue weighted by Gasteiger charge is -2.17. The summed E-state index contributed by atoms with van der Waals surface area (Å²) in [6.45, 7) is 0. The van der Waals surface area contributed by atoms with Crippen molar-refractivity contribution in [1.82, 2.24) is 0 Å². The lowest BCUT2D eigenvalue weighted by molar-refractivity contribution is 0.0601. The average molecular weight is 460 g/mol. The van der Waals surface area contributed by atoms with E-state index >= 15 is 0 Å². The largest absolute Gasteiger partial charge is 0.496 e. The second kappa shape index (κ2) is 7.99. The van der Waals surface area contributed by atoms with E-state index in [1.807, 2.05) is 60.7 Å². The third-order valence-corrected chi connectivity index (χ3v) is 6.48. The maximum absolute atomic E-state index is 13.0. The van der Waals surface area contributed by atoms with Gasteiger partial charge in [-0.05, 0) is 46.7 Å². The summed E-state index contributed by atoms with van der Waals surface area (Å²) >= 11 is 0. The Morgan fingerprint density at radius 2 is 1.37 bits per heavy atom. The van der Waals surface area contributed by atoms with E-state index < -0.39 is 5.97 Å². The van der Waals surface area contributed by atoms with Crippen molar-refractivity contribution in [2.45, 2.75) is 0 Å². The molecule has 0 fully saturated rings. The zero-order chi connectivity index (χ0) is 24.1. The van der Waals surface area contributed by atoms with Gasteiger partial charge in [0, 0.05) is 16.3 Å². The van der Waals surface area contributed by atoms with Gasteiger partial charge in [-0.3, -0.25) is 4.79 Å². The van der Waals surface area contributed by atoms with Gasteiger partial charge in [0.25, 0.3) is 0 Å². The molecule has 5 aromatic carbocycles. The Morgan fingerprint density at radius 1 is 0.714 bits per heavy atom. The van der Waals surface area contributed by atoms with Crippen molar-refractivity contribution in [3.05, 3.63) is 101 Å². The van der Waals surface area contributed by atoms with Crippen molar-refractivity contribution in [1.29, 1.82) is 0 Å². The van der Waals surface area contributed by atoms with Crippen molar-refractivity contribution in [3.63, 3.8) is 0 Å². The highest BCUT2D eigenvalue weighted by Crippen LogP contribution is 2.43. The predicted molar refractivity (Wildman–Crippen MR) is 138 cm³/mol. The van der Waals surface area contributed by atoms with Gasteiger partial charge in [0.05, 0.1) is 30.6 Å². The molecule has 5 nitrogen and oxygen atoms in total. The molecule has 1 heterocycles. The number of esters is 1. The molecule has 0 atom stereocenters. The Kier molecular flexibility index (Phi) is 4.78. The molecule has 0 saturated carbocycles. The summed E-state index contributed by atoms with van der Waals surface area (Å²) < 4.78 is 17.4. The maximum Gasteiger partial charge on any atom is 0.338 e. The van der Waals surface area contributed by atoms with Crippen LogP contribution in [0.2, 0.25) is 0 Å². The molecule has 35 heavy (non-hydrogen) atoms. The summed E-state index contributed by atoms with van der Waals surface area (Å²) in [7, 11) is 2.98. The number of carbonyl (C=O) groups is 1. The average Bonchev–Trinajstić information content (AvgIpc) is 2.90. The zero-order valence-corrected chi connectivity index (χ0v) is 19.1. The second-order valence-corrected chi connectivity index (χ2v) is 8.31. The number of fused-ring (bicyclic) bond motifs is 6. The Bertz CT molecular complexity index is 1860. The third kappa shape index (κ3) is 3.09. The normalized spacial score (nSPS) is 11.4. The van der Waals surface area contributed by atoms with Crippen LogP contribution in [0.15, 0.2) is 94.1 Å². The number of carbonyl (C=O) groups excluding carboxylic acids is 1. The molecule has 0 aliphatic carbocycles. The number of ether oxygens (including phenoxy) is 2. The molecular formula is C30H20O5. The minimum absolute atomic E-state index is 0.129. The minimum atomic E-state index is -0.439.